The van der Waals surface area contributed by atoms with Gasteiger partial charge in [0.1, 0.15) is 5.78 Å². The normalized spacial score (nSPS) is 18.1. The highest BCUT2D eigenvalue weighted by Crippen LogP contribution is 2.43. The molecular formula is C43H46F10N8O3. The van der Waals surface area contributed by atoms with Gasteiger partial charge in [-0.05, 0) is 87.1 Å². The molecule has 2 amide bonds. The van der Waals surface area contributed by atoms with Crippen molar-refractivity contribution in [3.8, 4) is 0 Å². The van der Waals surface area contributed by atoms with Gasteiger partial charge >= 0.3 is 12.4 Å². The van der Waals surface area contributed by atoms with Gasteiger partial charge in [-0.2, -0.15) is 36.5 Å². The summed E-state index contributed by atoms with van der Waals surface area (Å²) in [6, 6.07) is 3.43. The van der Waals surface area contributed by atoms with Crippen LogP contribution in [-0.4, -0.2) is 110 Å². The van der Waals surface area contributed by atoms with Gasteiger partial charge in [0.15, 0.2) is 34.7 Å². The fourth-order valence-electron chi connectivity index (χ4n) is 9.30. The summed E-state index contributed by atoms with van der Waals surface area (Å²) >= 11 is 0. The molecule has 0 bridgehead atoms. The van der Waals surface area contributed by atoms with Crippen molar-refractivity contribution in [3.63, 3.8) is 0 Å². The average Bonchev–Trinajstić information content (AvgIpc) is 3.88. The summed E-state index contributed by atoms with van der Waals surface area (Å²) in [5.41, 5.74) is 0.399. The number of nitrogens with one attached hydrogen (secondary N) is 2. The number of hydrogen-bond acceptors (Lipinski definition) is 7. The molecule has 0 aliphatic carbocycles. The highest BCUT2D eigenvalue weighted by molar-refractivity contribution is 5.94. The van der Waals surface area contributed by atoms with Crippen LogP contribution in [0, 0.1) is 23.3 Å². The predicted molar refractivity (Wildman–Crippen MR) is 210 cm³/mol. The van der Waals surface area contributed by atoms with Gasteiger partial charge in [0.05, 0.1) is 29.1 Å². The van der Waals surface area contributed by atoms with E-state index in [0.717, 1.165) is 53.8 Å². The smallest absolute Gasteiger partial charge is 0.337 e. The Morgan fingerprint density at radius 2 is 1.02 bits per heavy atom. The molecule has 6 heterocycles. The van der Waals surface area contributed by atoms with E-state index in [9.17, 15) is 58.3 Å². The zero-order chi connectivity index (χ0) is 46.2. The Morgan fingerprint density at radius 3 is 1.39 bits per heavy atom. The molecule has 2 saturated heterocycles. The monoisotopic (exact) mass is 912 g/mol. The minimum Gasteiger partial charge on any atom is -0.337 e. The highest BCUT2D eigenvalue weighted by atomic mass is 19.4. The predicted octanol–water partition coefficient (Wildman–Crippen LogP) is 7.78. The van der Waals surface area contributed by atoms with Crippen LogP contribution in [0.25, 0.3) is 0 Å². The molecule has 0 atom stereocenters. The van der Waals surface area contributed by atoms with Crippen molar-refractivity contribution < 1.29 is 58.3 Å². The lowest BCUT2D eigenvalue weighted by atomic mass is 9.85. The number of aromatic amines is 2. The number of ketones is 1. The number of rotatable bonds is 7. The molecule has 0 saturated carbocycles. The minimum atomic E-state index is -5.02. The van der Waals surface area contributed by atoms with Crippen LogP contribution in [0.1, 0.15) is 117 Å². The van der Waals surface area contributed by atoms with E-state index in [4.69, 9.17) is 0 Å². The number of aromatic nitrogens is 4. The SMILES string of the molecule is CC(=O)CN1CCc2c(C(=O)N3CCC(c4ccc(F)c(F)c4C(F)(F)F)CC3)n[nH]c2C1.CCN1CCc2c(C(=O)N3CCC(c4ccc(F)c(F)c4C(F)(F)F)CC3)n[nH]c2C1. The van der Waals surface area contributed by atoms with E-state index in [1.165, 1.54) is 11.8 Å². The van der Waals surface area contributed by atoms with Crippen LogP contribution in [0.15, 0.2) is 24.3 Å². The zero-order valence-corrected chi connectivity index (χ0v) is 35.0. The highest BCUT2D eigenvalue weighted by Gasteiger charge is 2.43. The van der Waals surface area contributed by atoms with Crippen molar-refractivity contribution in [3.05, 3.63) is 104 Å². The summed E-state index contributed by atoms with van der Waals surface area (Å²) in [6.45, 7) is 8.23. The lowest BCUT2D eigenvalue weighted by Crippen LogP contribution is -2.39. The Hall–Kier alpha value is -5.31. The third-order valence-corrected chi connectivity index (χ3v) is 12.6. The Morgan fingerprint density at radius 1 is 0.625 bits per heavy atom. The number of hydrogen-bond donors (Lipinski definition) is 2. The Labute approximate surface area is 361 Å². The van der Waals surface area contributed by atoms with Crippen LogP contribution in [0.2, 0.25) is 0 Å². The number of amides is 2. The number of alkyl halides is 6. The van der Waals surface area contributed by atoms with Gasteiger partial charge in [-0.25, -0.2) is 17.6 Å². The summed E-state index contributed by atoms with van der Waals surface area (Å²) in [4.78, 5) is 44.7. The lowest BCUT2D eigenvalue weighted by Gasteiger charge is -2.33. The number of Topliss-reactive ketones (excluding diaryl/α,β-unsaturated/α-hetero) is 1. The lowest BCUT2D eigenvalue weighted by molar-refractivity contribution is -0.142. The van der Waals surface area contributed by atoms with Crippen LogP contribution in [-0.2, 0) is 43.1 Å². The molecule has 4 aliphatic rings. The van der Waals surface area contributed by atoms with Gasteiger partial charge in [0, 0.05) is 63.5 Å². The summed E-state index contributed by atoms with van der Waals surface area (Å²) in [5, 5.41) is 14.2. The van der Waals surface area contributed by atoms with E-state index in [0.29, 0.717) is 50.8 Å². The summed E-state index contributed by atoms with van der Waals surface area (Å²) in [7, 11) is 0. The number of likely N-dealkylation sites (tertiary alicyclic amines) is 2. The maximum atomic E-state index is 14.0. The molecule has 2 fully saturated rings. The second kappa shape index (κ2) is 18.7. The number of fused-ring (bicyclic) bond motifs is 2. The maximum Gasteiger partial charge on any atom is 0.419 e. The third kappa shape index (κ3) is 9.69. The van der Waals surface area contributed by atoms with Crippen molar-refractivity contribution in [1.82, 2.24) is 40.0 Å². The molecule has 21 heteroatoms. The largest absolute Gasteiger partial charge is 0.419 e. The third-order valence-electron chi connectivity index (χ3n) is 12.6. The number of nitrogens with zero attached hydrogens (tertiary/aromatic N) is 6. The molecule has 0 radical (unpaired) electrons. The van der Waals surface area contributed by atoms with Crippen molar-refractivity contribution in [2.24, 2.45) is 0 Å². The molecule has 64 heavy (non-hydrogen) atoms. The molecule has 346 valence electrons. The van der Waals surface area contributed by atoms with Crippen LogP contribution < -0.4 is 0 Å². The van der Waals surface area contributed by atoms with Gasteiger partial charge in [0.25, 0.3) is 11.8 Å². The van der Waals surface area contributed by atoms with Crippen molar-refractivity contribution in [2.75, 3.05) is 52.4 Å². The molecule has 0 unspecified atom stereocenters. The number of likely N-dealkylation sites (N-methyl/N-ethyl adjacent to an activating group) is 1. The molecule has 2 aromatic heterocycles. The van der Waals surface area contributed by atoms with Crippen molar-refractivity contribution in [2.45, 2.75) is 89.7 Å². The number of halogens is 10. The molecule has 4 aromatic rings. The van der Waals surface area contributed by atoms with E-state index in [-0.39, 0.29) is 86.3 Å². The molecular weight excluding hydrogens is 867 g/mol. The molecule has 0 spiro atoms. The minimum absolute atomic E-state index is 0.0480. The van der Waals surface area contributed by atoms with E-state index >= 15 is 0 Å². The zero-order valence-electron chi connectivity index (χ0n) is 35.0. The van der Waals surface area contributed by atoms with Crippen LogP contribution in [0.3, 0.4) is 0 Å². The van der Waals surface area contributed by atoms with E-state index < -0.39 is 58.6 Å². The van der Waals surface area contributed by atoms with E-state index in [2.05, 4.69) is 32.2 Å². The fourth-order valence-corrected chi connectivity index (χ4v) is 9.30. The summed E-state index contributed by atoms with van der Waals surface area (Å²) < 4.78 is 135. The summed E-state index contributed by atoms with van der Waals surface area (Å²) in [5.74, 6) is -8.58. The van der Waals surface area contributed by atoms with Crippen molar-refractivity contribution in [1.29, 1.82) is 0 Å². The number of piperidine rings is 2. The number of carbonyl (C=O) groups excluding carboxylic acids is 3. The Balaban J connectivity index is 0.000000192. The standard InChI is InChI=1S/C22H23F5N4O2.C21H23F5N4O/c1-12(32)10-30-7-6-15-17(11-30)28-29-20(15)21(33)31-8-4-13(5-9-31)14-2-3-16(23)19(24)18(14)22(25,26)27;1-2-29-8-7-14-16(11-29)27-28-19(14)20(31)30-9-5-12(6-10-30)13-3-4-15(22)18(23)17(13)21(24,25)26/h2-3,13H,4-11H2,1H3,(H,28,29);3-4,12H,2,5-11H2,1H3,(H,27,28). The van der Waals surface area contributed by atoms with Crippen LogP contribution in [0.5, 0.6) is 0 Å². The first-order chi connectivity index (χ1) is 30.3. The first kappa shape index (κ1) is 46.7. The van der Waals surface area contributed by atoms with E-state index in [1.54, 1.807) is 4.90 Å². The van der Waals surface area contributed by atoms with Gasteiger partial charge in [-0.3, -0.25) is 34.4 Å². The molecule has 4 aliphatic heterocycles. The molecule has 8 rings (SSSR count). The number of H-pyrrole nitrogens is 2. The first-order valence-corrected chi connectivity index (χ1v) is 21.0. The Bertz CT molecular complexity index is 2380. The van der Waals surface area contributed by atoms with E-state index in [1.807, 2.05) is 4.90 Å². The topological polar surface area (TPSA) is 122 Å². The fraction of sp³-hybridized carbons (Fsp3) is 0.512. The second-order valence-corrected chi connectivity index (χ2v) is 16.6. The quantitative estimate of drug-likeness (QED) is 0.182. The maximum absolute atomic E-state index is 14.0. The molecule has 11 nitrogen and oxygen atoms in total. The molecule has 2 aromatic carbocycles. The summed E-state index contributed by atoms with van der Waals surface area (Å²) in [6.07, 6.45) is -7.89. The second-order valence-electron chi connectivity index (χ2n) is 16.6. The van der Waals surface area contributed by atoms with Gasteiger partial charge in [-0.1, -0.05) is 19.1 Å². The van der Waals surface area contributed by atoms with Gasteiger partial charge in [-0.15, -0.1) is 0 Å². The van der Waals surface area contributed by atoms with Gasteiger partial charge < -0.3 is 9.80 Å². The van der Waals surface area contributed by atoms with Crippen LogP contribution >= 0.6 is 0 Å². The van der Waals surface area contributed by atoms with Crippen LogP contribution in [0.4, 0.5) is 43.9 Å². The number of carbonyl (C=O) groups is 3. The Kier molecular flexibility index (Phi) is 13.6. The molecule has 2 N–H and O–H groups in total. The van der Waals surface area contributed by atoms with Crippen molar-refractivity contribution >= 4 is 17.6 Å². The average molecular weight is 913 g/mol. The number of benzene rings is 2. The first-order valence-electron chi connectivity index (χ1n) is 21.0. The van der Waals surface area contributed by atoms with Gasteiger partial charge in [0.2, 0.25) is 0 Å².